The maximum Gasteiger partial charge on any atom is 0.208 e. The van der Waals surface area contributed by atoms with E-state index < -0.39 is 9.84 Å². The minimum Gasteiger partial charge on any atom is -0.340 e. The van der Waals surface area contributed by atoms with Gasteiger partial charge in [-0.1, -0.05) is 13.3 Å². The van der Waals surface area contributed by atoms with Gasteiger partial charge < -0.3 is 4.90 Å². The highest BCUT2D eigenvalue weighted by Crippen LogP contribution is 2.03. The van der Waals surface area contributed by atoms with Crippen LogP contribution in [-0.2, 0) is 9.84 Å². The first-order valence-corrected chi connectivity index (χ1v) is 7.37. The summed E-state index contributed by atoms with van der Waals surface area (Å²) in [5.41, 5.74) is 2.54. The smallest absolute Gasteiger partial charge is 0.208 e. The minimum absolute atomic E-state index is 0.182. The van der Waals surface area contributed by atoms with Crippen molar-refractivity contribution < 1.29 is 8.42 Å². The van der Waals surface area contributed by atoms with Gasteiger partial charge in [-0.3, -0.25) is 10.4 Å². The number of hydrogen-bond donors (Lipinski definition) is 2. The molecular formula is C9H20N4O2S. The zero-order valence-corrected chi connectivity index (χ0v) is 10.5. The molecule has 0 atom stereocenters. The van der Waals surface area contributed by atoms with Crippen LogP contribution in [0.4, 0.5) is 0 Å². The van der Waals surface area contributed by atoms with Crippen molar-refractivity contribution >= 4 is 15.8 Å². The van der Waals surface area contributed by atoms with E-state index in [-0.39, 0.29) is 11.5 Å². The molecule has 0 amide bonds. The van der Waals surface area contributed by atoms with Crippen LogP contribution in [0.1, 0.15) is 19.8 Å². The summed E-state index contributed by atoms with van der Waals surface area (Å²) in [5.74, 6) is 6.35. The summed E-state index contributed by atoms with van der Waals surface area (Å²) in [6, 6.07) is 0. The number of nitrogens with zero attached hydrogens (tertiary/aromatic N) is 2. The topological polar surface area (TPSA) is 87.8 Å². The summed E-state index contributed by atoms with van der Waals surface area (Å²) in [6.07, 6.45) is 2.09. The van der Waals surface area contributed by atoms with E-state index in [2.05, 4.69) is 17.3 Å². The highest BCUT2D eigenvalue weighted by Gasteiger charge is 2.23. The molecule has 0 saturated carbocycles. The third-order valence-corrected chi connectivity index (χ3v) is 4.16. The van der Waals surface area contributed by atoms with Crippen molar-refractivity contribution in [3.05, 3.63) is 0 Å². The summed E-state index contributed by atoms with van der Waals surface area (Å²) < 4.78 is 22.5. The van der Waals surface area contributed by atoms with Gasteiger partial charge >= 0.3 is 0 Å². The Kier molecular flexibility index (Phi) is 5.01. The van der Waals surface area contributed by atoms with E-state index in [1.807, 2.05) is 4.90 Å². The molecule has 1 fully saturated rings. The van der Waals surface area contributed by atoms with E-state index in [1.165, 1.54) is 0 Å². The van der Waals surface area contributed by atoms with Crippen molar-refractivity contribution in [3.63, 3.8) is 0 Å². The number of hydrazine groups is 1. The van der Waals surface area contributed by atoms with Gasteiger partial charge in [0.15, 0.2) is 9.84 Å². The second-order valence-corrected chi connectivity index (χ2v) is 6.15. The average molecular weight is 248 g/mol. The fraction of sp³-hybridized carbons (Fsp3) is 0.889. The number of guanidine groups is 1. The molecule has 1 heterocycles. The first-order chi connectivity index (χ1) is 7.59. The number of aliphatic imine (C=N–C) groups is 1. The molecular weight excluding hydrogens is 228 g/mol. The van der Waals surface area contributed by atoms with Crippen molar-refractivity contribution in [1.29, 1.82) is 0 Å². The molecule has 0 aromatic heterocycles. The standard InChI is InChI=1S/C9H20N4O2S/c1-2-3-4-11-9(12-10)13-5-7-16(14,15)8-6-13/h2-8,10H2,1H3,(H,11,12). The number of sulfone groups is 1. The molecule has 1 aliphatic rings. The first kappa shape index (κ1) is 13.2. The van der Waals surface area contributed by atoms with Crippen LogP contribution in [0, 0.1) is 0 Å². The lowest BCUT2D eigenvalue weighted by Crippen LogP contribution is -2.51. The molecule has 0 aromatic carbocycles. The highest BCUT2D eigenvalue weighted by molar-refractivity contribution is 7.91. The van der Waals surface area contributed by atoms with Crippen molar-refractivity contribution in [2.45, 2.75) is 19.8 Å². The average Bonchev–Trinajstić information content (AvgIpc) is 2.25. The van der Waals surface area contributed by atoms with E-state index in [4.69, 9.17) is 5.84 Å². The van der Waals surface area contributed by atoms with Crippen LogP contribution in [0.2, 0.25) is 0 Å². The Morgan fingerprint density at radius 2 is 2.06 bits per heavy atom. The maximum absolute atomic E-state index is 11.2. The predicted octanol–water partition coefficient (Wildman–Crippen LogP) is -0.664. The molecule has 0 bridgehead atoms. The van der Waals surface area contributed by atoms with Crippen molar-refractivity contribution in [2.24, 2.45) is 10.8 Å². The van der Waals surface area contributed by atoms with Gasteiger partial charge in [0.25, 0.3) is 0 Å². The second kappa shape index (κ2) is 6.05. The van der Waals surface area contributed by atoms with Crippen LogP contribution in [0.5, 0.6) is 0 Å². The molecule has 1 aliphatic heterocycles. The van der Waals surface area contributed by atoms with Gasteiger partial charge in [-0.2, -0.15) is 0 Å². The fourth-order valence-electron chi connectivity index (χ4n) is 1.50. The zero-order chi connectivity index (χ0) is 12.0. The molecule has 1 rings (SSSR count). The van der Waals surface area contributed by atoms with Crippen molar-refractivity contribution in [1.82, 2.24) is 10.3 Å². The maximum atomic E-state index is 11.2. The van der Waals surface area contributed by atoms with Gasteiger partial charge in [0.05, 0.1) is 11.5 Å². The van der Waals surface area contributed by atoms with E-state index in [1.54, 1.807) is 0 Å². The third kappa shape index (κ3) is 3.97. The largest absolute Gasteiger partial charge is 0.340 e. The molecule has 0 unspecified atom stereocenters. The molecule has 16 heavy (non-hydrogen) atoms. The van der Waals surface area contributed by atoms with E-state index in [0.717, 1.165) is 19.4 Å². The Labute approximate surface area is 96.8 Å². The Balaban J connectivity index is 2.52. The van der Waals surface area contributed by atoms with Gasteiger partial charge in [0, 0.05) is 19.6 Å². The SMILES string of the molecule is CCCCN=C(NN)N1CCS(=O)(=O)CC1. The predicted molar refractivity (Wildman–Crippen MR) is 64.8 cm³/mol. The number of hydrogen-bond acceptors (Lipinski definition) is 4. The van der Waals surface area contributed by atoms with Gasteiger partial charge in [-0.15, -0.1) is 0 Å². The summed E-state index contributed by atoms with van der Waals surface area (Å²) in [4.78, 5) is 6.20. The molecule has 7 heteroatoms. The lowest BCUT2D eigenvalue weighted by atomic mass is 10.3. The fourth-order valence-corrected chi connectivity index (χ4v) is 2.71. The summed E-state index contributed by atoms with van der Waals surface area (Å²) in [5, 5.41) is 0. The Bertz CT molecular complexity index is 325. The van der Waals surface area contributed by atoms with Crippen LogP contribution in [-0.4, -0.2) is 50.4 Å². The Morgan fingerprint density at radius 1 is 1.44 bits per heavy atom. The molecule has 0 radical (unpaired) electrons. The van der Waals surface area contributed by atoms with E-state index >= 15 is 0 Å². The number of nitrogens with two attached hydrogens (primary N) is 1. The summed E-state index contributed by atoms with van der Waals surface area (Å²) in [6.45, 7) is 3.76. The molecule has 3 N–H and O–H groups in total. The number of rotatable bonds is 3. The van der Waals surface area contributed by atoms with Crippen LogP contribution in [0.25, 0.3) is 0 Å². The molecule has 1 saturated heterocycles. The Morgan fingerprint density at radius 3 is 2.56 bits per heavy atom. The quantitative estimate of drug-likeness (QED) is 0.227. The lowest BCUT2D eigenvalue weighted by Gasteiger charge is -2.29. The summed E-state index contributed by atoms with van der Waals surface area (Å²) >= 11 is 0. The van der Waals surface area contributed by atoms with E-state index in [0.29, 0.717) is 19.0 Å². The lowest BCUT2D eigenvalue weighted by molar-refractivity contribution is 0.426. The monoisotopic (exact) mass is 248 g/mol. The van der Waals surface area contributed by atoms with Crippen LogP contribution in [0.3, 0.4) is 0 Å². The van der Waals surface area contributed by atoms with Crippen LogP contribution in [0.15, 0.2) is 4.99 Å². The first-order valence-electron chi connectivity index (χ1n) is 5.55. The van der Waals surface area contributed by atoms with Gasteiger partial charge in [-0.25, -0.2) is 14.3 Å². The highest BCUT2D eigenvalue weighted by atomic mass is 32.2. The normalized spacial score (nSPS) is 20.9. The van der Waals surface area contributed by atoms with Crippen LogP contribution >= 0.6 is 0 Å². The van der Waals surface area contributed by atoms with Gasteiger partial charge in [0.2, 0.25) is 5.96 Å². The second-order valence-electron chi connectivity index (χ2n) is 3.84. The zero-order valence-electron chi connectivity index (χ0n) is 9.65. The molecule has 0 aliphatic carbocycles. The molecule has 0 spiro atoms. The Hall–Kier alpha value is -0.820. The van der Waals surface area contributed by atoms with Crippen molar-refractivity contribution in [2.75, 3.05) is 31.1 Å². The minimum atomic E-state index is -2.85. The molecule has 6 nitrogen and oxygen atoms in total. The number of unbranched alkanes of at least 4 members (excludes halogenated alkanes) is 1. The van der Waals surface area contributed by atoms with Gasteiger partial charge in [-0.05, 0) is 6.42 Å². The molecule has 94 valence electrons. The molecule has 0 aromatic rings. The summed E-state index contributed by atoms with van der Waals surface area (Å²) in [7, 11) is -2.85. The van der Waals surface area contributed by atoms with Gasteiger partial charge in [0.1, 0.15) is 0 Å². The van der Waals surface area contributed by atoms with Crippen LogP contribution < -0.4 is 11.3 Å². The van der Waals surface area contributed by atoms with Crippen molar-refractivity contribution in [3.8, 4) is 0 Å². The number of nitrogens with one attached hydrogen (secondary N) is 1. The third-order valence-electron chi connectivity index (χ3n) is 2.55. The van der Waals surface area contributed by atoms with E-state index in [9.17, 15) is 8.42 Å².